The van der Waals surface area contributed by atoms with Crippen LogP contribution in [0.2, 0.25) is 0 Å². The molecule has 2 rings (SSSR count). The van der Waals surface area contributed by atoms with Crippen molar-refractivity contribution in [1.82, 2.24) is 9.55 Å². The first-order valence-corrected chi connectivity index (χ1v) is 5.68. The van der Waals surface area contributed by atoms with E-state index in [1.54, 1.807) is 4.98 Å². The zero-order valence-corrected chi connectivity index (χ0v) is 10.6. The van der Waals surface area contributed by atoms with Crippen LogP contribution in [0.5, 0.6) is 5.88 Å². The number of alkyl halides is 3. The molecule has 2 aromatic rings. The highest BCUT2D eigenvalue weighted by molar-refractivity contribution is 5.94. The quantitative estimate of drug-likeness (QED) is 0.741. The molecular weight excluding hydrogens is 307 g/mol. The number of carbonyl (C=O) groups is 1. The van der Waals surface area contributed by atoms with Gasteiger partial charge in [-0.2, -0.15) is 13.2 Å². The van der Waals surface area contributed by atoms with Gasteiger partial charge in [0.2, 0.25) is 5.88 Å². The summed E-state index contributed by atoms with van der Waals surface area (Å²) in [6.45, 7) is 0. The number of rotatable bonds is 2. The normalized spacial score (nSPS) is 11.4. The minimum Gasteiger partial charge on any atom is -0.493 e. The fraction of sp³-hybridized carbons (Fsp3) is 0.0833. The lowest BCUT2D eigenvalue weighted by atomic mass is 10.2. The third-order valence-electron chi connectivity index (χ3n) is 2.76. The third kappa shape index (κ3) is 2.57. The van der Waals surface area contributed by atoms with Crippen molar-refractivity contribution in [2.24, 2.45) is 5.73 Å². The number of aromatic amines is 1. The lowest BCUT2D eigenvalue weighted by Crippen LogP contribution is -2.35. The number of nitrogens with zero attached hydrogens (tertiary/aromatic N) is 1. The van der Waals surface area contributed by atoms with Crippen molar-refractivity contribution in [1.29, 1.82) is 0 Å². The van der Waals surface area contributed by atoms with Crippen LogP contribution in [0.15, 0.2) is 33.9 Å². The highest BCUT2D eigenvalue weighted by atomic mass is 19.4. The number of halogens is 3. The Morgan fingerprint density at radius 3 is 2.45 bits per heavy atom. The Kier molecular flexibility index (Phi) is 3.53. The molecule has 116 valence electrons. The van der Waals surface area contributed by atoms with E-state index < -0.39 is 46.0 Å². The van der Waals surface area contributed by atoms with Crippen LogP contribution in [0.25, 0.3) is 5.69 Å². The van der Waals surface area contributed by atoms with Gasteiger partial charge in [-0.3, -0.25) is 14.6 Å². The van der Waals surface area contributed by atoms with Crippen molar-refractivity contribution < 1.29 is 23.1 Å². The highest BCUT2D eigenvalue weighted by Gasteiger charge is 2.31. The van der Waals surface area contributed by atoms with Gasteiger partial charge in [0, 0.05) is 0 Å². The fourth-order valence-electron chi connectivity index (χ4n) is 1.81. The summed E-state index contributed by atoms with van der Waals surface area (Å²) in [6, 6.07) is 3.41. The number of primary amides is 1. The SMILES string of the molecule is NC(=O)c1c(O)n(-c2cccc(C(F)(F)F)c2)c(=O)[nH]c1=O. The highest BCUT2D eigenvalue weighted by Crippen LogP contribution is 2.30. The Hall–Kier alpha value is -3.04. The van der Waals surface area contributed by atoms with Gasteiger partial charge in [0.1, 0.15) is 0 Å². The van der Waals surface area contributed by atoms with E-state index in [-0.39, 0.29) is 0 Å². The van der Waals surface area contributed by atoms with Crippen molar-refractivity contribution in [3.63, 3.8) is 0 Å². The van der Waals surface area contributed by atoms with E-state index in [0.717, 1.165) is 18.2 Å². The van der Waals surface area contributed by atoms with Crippen LogP contribution in [0.3, 0.4) is 0 Å². The molecule has 1 heterocycles. The van der Waals surface area contributed by atoms with Gasteiger partial charge >= 0.3 is 11.9 Å². The Bertz CT molecular complexity index is 867. The zero-order valence-electron chi connectivity index (χ0n) is 10.6. The van der Waals surface area contributed by atoms with E-state index in [2.05, 4.69) is 0 Å². The van der Waals surface area contributed by atoms with Gasteiger partial charge in [0.25, 0.3) is 11.5 Å². The number of hydrogen-bond acceptors (Lipinski definition) is 4. The Morgan fingerprint density at radius 2 is 1.91 bits per heavy atom. The van der Waals surface area contributed by atoms with Crippen LogP contribution < -0.4 is 17.0 Å². The van der Waals surface area contributed by atoms with Crippen molar-refractivity contribution in [2.75, 3.05) is 0 Å². The summed E-state index contributed by atoms with van der Waals surface area (Å²) in [5.41, 5.74) is 0.0374. The van der Waals surface area contributed by atoms with E-state index in [1.165, 1.54) is 0 Å². The van der Waals surface area contributed by atoms with E-state index in [1.807, 2.05) is 0 Å². The molecule has 1 aromatic heterocycles. The maximum absolute atomic E-state index is 12.7. The van der Waals surface area contributed by atoms with Crippen LogP contribution >= 0.6 is 0 Å². The van der Waals surface area contributed by atoms with E-state index in [9.17, 15) is 32.7 Å². The molecule has 0 aliphatic carbocycles. The number of nitrogens with two attached hydrogens (primary N) is 1. The summed E-state index contributed by atoms with van der Waals surface area (Å²) >= 11 is 0. The largest absolute Gasteiger partial charge is 0.493 e. The van der Waals surface area contributed by atoms with Crippen LogP contribution in [-0.4, -0.2) is 20.6 Å². The first-order chi connectivity index (χ1) is 10.1. The monoisotopic (exact) mass is 315 g/mol. The number of H-pyrrole nitrogens is 1. The molecule has 0 aliphatic heterocycles. The first-order valence-electron chi connectivity index (χ1n) is 5.68. The van der Waals surface area contributed by atoms with Gasteiger partial charge in [0.15, 0.2) is 5.56 Å². The average molecular weight is 315 g/mol. The lowest BCUT2D eigenvalue weighted by molar-refractivity contribution is -0.137. The van der Waals surface area contributed by atoms with Gasteiger partial charge in [-0.25, -0.2) is 9.36 Å². The summed E-state index contributed by atoms with van der Waals surface area (Å²) in [4.78, 5) is 35.9. The molecule has 0 saturated carbocycles. The molecule has 0 radical (unpaired) electrons. The lowest BCUT2D eigenvalue weighted by Gasteiger charge is -2.12. The number of amides is 1. The molecule has 0 saturated heterocycles. The predicted octanol–water partition coefficient (Wildman–Crippen LogP) is 0.349. The van der Waals surface area contributed by atoms with Crippen molar-refractivity contribution >= 4 is 5.91 Å². The number of benzene rings is 1. The van der Waals surface area contributed by atoms with E-state index in [4.69, 9.17) is 5.73 Å². The molecule has 0 atom stereocenters. The molecule has 1 amide bonds. The third-order valence-corrected chi connectivity index (χ3v) is 2.76. The molecule has 0 aliphatic rings. The summed E-state index contributed by atoms with van der Waals surface area (Å²) < 4.78 is 38.4. The topological polar surface area (TPSA) is 118 Å². The van der Waals surface area contributed by atoms with Crippen molar-refractivity contribution in [3.05, 3.63) is 56.2 Å². The smallest absolute Gasteiger partial charge is 0.416 e. The van der Waals surface area contributed by atoms with Gasteiger partial charge in [-0.15, -0.1) is 0 Å². The molecule has 10 heteroatoms. The van der Waals surface area contributed by atoms with E-state index >= 15 is 0 Å². The molecule has 4 N–H and O–H groups in total. The summed E-state index contributed by atoms with van der Waals surface area (Å²) in [5, 5.41) is 9.83. The predicted molar refractivity (Wildman–Crippen MR) is 67.8 cm³/mol. The Balaban J connectivity index is 2.79. The maximum Gasteiger partial charge on any atom is 0.416 e. The molecule has 0 unspecified atom stereocenters. The van der Waals surface area contributed by atoms with Crippen LogP contribution in [0.1, 0.15) is 15.9 Å². The second-order valence-corrected chi connectivity index (χ2v) is 4.21. The first kappa shape index (κ1) is 15.4. The van der Waals surface area contributed by atoms with Gasteiger partial charge in [-0.05, 0) is 18.2 Å². The molecule has 0 fully saturated rings. The van der Waals surface area contributed by atoms with Gasteiger partial charge in [0.05, 0.1) is 11.3 Å². The standard InChI is InChI=1S/C12H8F3N3O4/c13-12(14,15)5-2-1-3-6(4-5)18-10(21)7(8(16)19)9(20)17-11(18)22/h1-4,21H,(H2,16,19)(H,17,20,22). The number of nitrogens with one attached hydrogen (secondary N) is 1. The minimum absolute atomic E-state index is 0.344. The Morgan fingerprint density at radius 1 is 1.27 bits per heavy atom. The second kappa shape index (κ2) is 5.06. The zero-order chi connectivity index (χ0) is 16.7. The number of hydrogen-bond donors (Lipinski definition) is 3. The number of carbonyl (C=O) groups excluding carboxylic acids is 1. The summed E-state index contributed by atoms with van der Waals surface area (Å²) in [5.74, 6) is -2.47. The number of aromatic hydroxyl groups is 1. The van der Waals surface area contributed by atoms with E-state index in [0.29, 0.717) is 10.6 Å². The molecule has 7 nitrogen and oxygen atoms in total. The van der Waals surface area contributed by atoms with Crippen LogP contribution in [0, 0.1) is 0 Å². The maximum atomic E-state index is 12.7. The van der Waals surface area contributed by atoms with Gasteiger partial charge < -0.3 is 10.8 Å². The number of aromatic nitrogens is 2. The van der Waals surface area contributed by atoms with Crippen molar-refractivity contribution in [3.8, 4) is 11.6 Å². The second-order valence-electron chi connectivity index (χ2n) is 4.21. The van der Waals surface area contributed by atoms with Crippen molar-refractivity contribution in [2.45, 2.75) is 6.18 Å². The molecular formula is C12H8F3N3O4. The van der Waals surface area contributed by atoms with Crippen LogP contribution in [-0.2, 0) is 6.18 Å². The summed E-state index contributed by atoms with van der Waals surface area (Å²) in [7, 11) is 0. The molecule has 0 spiro atoms. The molecule has 1 aromatic carbocycles. The Labute approximate surface area is 119 Å². The van der Waals surface area contributed by atoms with Gasteiger partial charge in [-0.1, -0.05) is 6.07 Å². The summed E-state index contributed by atoms with van der Waals surface area (Å²) in [6.07, 6.45) is -4.68. The fourth-order valence-corrected chi connectivity index (χ4v) is 1.81. The van der Waals surface area contributed by atoms with Crippen LogP contribution in [0.4, 0.5) is 13.2 Å². The minimum atomic E-state index is -4.68. The molecule has 0 bridgehead atoms. The molecule has 22 heavy (non-hydrogen) atoms. The average Bonchev–Trinajstić information content (AvgIpc) is 2.36.